The summed E-state index contributed by atoms with van der Waals surface area (Å²) in [6, 6.07) is 27.4. The Balaban J connectivity index is 1.47. The highest BCUT2D eigenvalue weighted by atomic mass is 16.5. The molecular weight excluding hydrogens is 430 g/mol. The van der Waals surface area contributed by atoms with Crippen molar-refractivity contribution in [1.82, 2.24) is 16.0 Å². The van der Waals surface area contributed by atoms with Crippen LogP contribution in [0, 0.1) is 0 Å². The summed E-state index contributed by atoms with van der Waals surface area (Å²) < 4.78 is 5.27. The first-order valence-electron chi connectivity index (χ1n) is 11.2. The minimum atomic E-state index is -0.814. The molecule has 0 bridgehead atoms. The average molecular weight is 460 g/mol. The van der Waals surface area contributed by atoms with Crippen LogP contribution in [0.15, 0.2) is 91.0 Å². The Bertz CT molecular complexity index is 1040. The van der Waals surface area contributed by atoms with Crippen LogP contribution in [-0.4, -0.2) is 37.0 Å². The van der Waals surface area contributed by atoms with Gasteiger partial charge in [0, 0.05) is 19.5 Å². The van der Waals surface area contributed by atoms with E-state index in [-0.39, 0.29) is 37.9 Å². The molecule has 3 N–H and O–H groups in total. The van der Waals surface area contributed by atoms with E-state index in [1.807, 2.05) is 91.0 Å². The molecule has 34 heavy (non-hydrogen) atoms. The van der Waals surface area contributed by atoms with Crippen molar-refractivity contribution in [3.8, 4) is 0 Å². The first-order chi connectivity index (χ1) is 16.6. The monoisotopic (exact) mass is 459 g/mol. The largest absolute Gasteiger partial charge is 0.445 e. The molecule has 0 aliphatic heterocycles. The van der Waals surface area contributed by atoms with E-state index in [1.54, 1.807) is 0 Å². The summed E-state index contributed by atoms with van der Waals surface area (Å²) in [5, 5.41) is 8.22. The summed E-state index contributed by atoms with van der Waals surface area (Å²) in [5.41, 5.74) is 2.68. The van der Waals surface area contributed by atoms with Crippen LogP contribution >= 0.6 is 0 Å². The Kier molecular flexibility index (Phi) is 9.68. The number of carbonyl (C=O) groups is 3. The van der Waals surface area contributed by atoms with E-state index in [4.69, 9.17) is 4.74 Å². The van der Waals surface area contributed by atoms with Gasteiger partial charge < -0.3 is 20.7 Å². The maximum absolute atomic E-state index is 12.8. The molecule has 0 heterocycles. The first-order valence-corrected chi connectivity index (χ1v) is 11.2. The summed E-state index contributed by atoms with van der Waals surface area (Å²) in [4.78, 5) is 37.2. The lowest BCUT2D eigenvalue weighted by molar-refractivity contribution is -0.123. The third-order valence-corrected chi connectivity index (χ3v) is 5.06. The van der Waals surface area contributed by atoms with Gasteiger partial charge in [-0.15, -0.1) is 0 Å². The molecular formula is C27H29N3O4. The molecule has 0 fully saturated rings. The van der Waals surface area contributed by atoms with Gasteiger partial charge in [0.2, 0.25) is 11.8 Å². The minimum absolute atomic E-state index is 0.111. The third kappa shape index (κ3) is 8.78. The van der Waals surface area contributed by atoms with E-state index in [0.29, 0.717) is 6.42 Å². The van der Waals surface area contributed by atoms with Crippen LogP contribution in [0.4, 0.5) is 4.79 Å². The van der Waals surface area contributed by atoms with E-state index in [0.717, 1.165) is 16.7 Å². The van der Waals surface area contributed by atoms with Gasteiger partial charge >= 0.3 is 6.09 Å². The van der Waals surface area contributed by atoms with Gasteiger partial charge in [0.05, 0.1) is 6.42 Å². The Morgan fingerprint density at radius 2 is 1.21 bits per heavy atom. The summed E-state index contributed by atoms with van der Waals surface area (Å²) in [6.07, 6.45) is -0.0793. The van der Waals surface area contributed by atoms with E-state index in [1.165, 1.54) is 0 Å². The van der Waals surface area contributed by atoms with E-state index in [2.05, 4.69) is 16.0 Å². The van der Waals surface area contributed by atoms with Crippen LogP contribution in [0.1, 0.15) is 16.7 Å². The van der Waals surface area contributed by atoms with Crippen molar-refractivity contribution in [3.63, 3.8) is 0 Å². The molecule has 3 amide bonds. The van der Waals surface area contributed by atoms with Gasteiger partial charge in [0.25, 0.3) is 0 Å². The average Bonchev–Trinajstić information content (AvgIpc) is 2.87. The van der Waals surface area contributed by atoms with Gasteiger partial charge in [0.1, 0.15) is 12.6 Å². The van der Waals surface area contributed by atoms with Gasteiger partial charge in [-0.1, -0.05) is 91.0 Å². The predicted molar refractivity (Wildman–Crippen MR) is 130 cm³/mol. The molecule has 7 nitrogen and oxygen atoms in total. The highest BCUT2D eigenvalue weighted by Gasteiger charge is 2.22. The van der Waals surface area contributed by atoms with Crippen molar-refractivity contribution in [2.24, 2.45) is 0 Å². The molecule has 7 heteroatoms. The fourth-order valence-electron chi connectivity index (χ4n) is 3.32. The second kappa shape index (κ2) is 13.4. The van der Waals surface area contributed by atoms with Crippen molar-refractivity contribution in [2.45, 2.75) is 25.5 Å². The van der Waals surface area contributed by atoms with Crippen molar-refractivity contribution in [1.29, 1.82) is 0 Å². The normalized spacial score (nSPS) is 11.2. The van der Waals surface area contributed by atoms with Gasteiger partial charge in [-0.3, -0.25) is 9.59 Å². The molecule has 0 unspecified atom stereocenters. The van der Waals surface area contributed by atoms with Crippen molar-refractivity contribution < 1.29 is 19.1 Å². The molecule has 176 valence electrons. The van der Waals surface area contributed by atoms with Crippen LogP contribution in [0.2, 0.25) is 0 Å². The fraction of sp³-hybridized carbons (Fsp3) is 0.222. The quantitative estimate of drug-likeness (QED) is 0.384. The Hall–Kier alpha value is -4.13. The molecule has 3 aromatic carbocycles. The van der Waals surface area contributed by atoms with Crippen molar-refractivity contribution in [3.05, 3.63) is 108 Å². The number of amides is 3. The number of carbonyl (C=O) groups excluding carboxylic acids is 3. The molecule has 0 spiro atoms. The third-order valence-electron chi connectivity index (χ3n) is 5.06. The lowest BCUT2D eigenvalue weighted by Crippen LogP contribution is -2.49. The SMILES string of the molecule is O=C(Cc1ccccc1)NCCNC(=O)[C@H](Cc1ccccc1)NC(=O)OCc1ccccc1. The molecule has 0 aliphatic carbocycles. The Morgan fingerprint density at radius 1 is 0.676 bits per heavy atom. The number of benzene rings is 3. The summed E-state index contributed by atoms with van der Waals surface area (Å²) in [5.74, 6) is -0.471. The number of ether oxygens (including phenoxy) is 1. The lowest BCUT2D eigenvalue weighted by Gasteiger charge is -2.19. The van der Waals surface area contributed by atoms with E-state index in [9.17, 15) is 14.4 Å². The number of hydrogen-bond donors (Lipinski definition) is 3. The predicted octanol–water partition coefficient (Wildman–Crippen LogP) is 3.00. The zero-order valence-corrected chi connectivity index (χ0v) is 18.9. The van der Waals surface area contributed by atoms with Crippen molar-refractivity contribution in [2.75, 3.05) is 13.1 Å². The maximum atomic E-state index is 12.8. The van der Waals surface area contributed by atoms with Crippen molar-refractivity contribution >= 4 is 17.9 Å². The standard InChI is InChI=1S/C27H29N3O4/c31-25(19-22-12-6-2-7-13-22)28-16-17-29-26(32)24(18-21-10-4-1-5-11-21)30-27(33)34-20-23-14-8-3-9-15-23/h1-15,24H,16-20H2,(H,28,31)(H,29,32)(H,30,33)/t24-/m0/s1. The molecule has 0 radical (unpaired) electrons. The van der Waals surface area contributed by atoms with Gasteiger partial charge in [-0.05, 0) is 16.7 Å². The summed E-state index contributed by atoms with van der Waals surface area (Å²) in [6.45, 7) is 0.638. The first kappa shape index (κ1) is 24.5. The zero-order chi connectivity index (χ0) is 24.0. The second-order valence-corrected chi connectivity index (χ2v) is 7.75. The van der Waals surface area contributed by atoms with Crippen LogP contribution in [-0.2, 0) is 33.8 Å². The van der Waals surface area contributed by atoms with Crippen LogP contribution in [0.3, 0.4) is 0 Å². The number of rotatable bonds is 11. The molecule has 1 atom stereocenters. The van der Waals surface area contributed by atoms with Crippen LogP contribution < -0.4 is 16.0 Å². The van der Waals surface area contributed by atoms with Gasteiger partial charge in [0.15, 0.2) is 0 Å². The highest BCUT2D eigenvalue weighted by Crippen LogP contribution is 2.05. The Morgan fingerprint density at radius 3 is 1.82 bits per heavy atom. The van der Waals surface area contributed by atoms with Gasteiger partial charge in [-0.2, -0.15) is 0 Å². The van der Waals surface area contributed by atoms with E-state index < -0.39 is 12.1 Å². The number of hydrogen-bond acceptors (Lipinski definition) is 4. The molecule has 0 saturated heterocycles. The second-order valence-electron chi connectivity index (χ2n) is 7.75. The highest BCUT2D eigenvalue weighted by molar-refractivity contribution is 5.86. The molecule has 3 aromatic rings. The topological polar surface area (TPSA) is 96.5 Å². The molecule has 0 aliphatic rings. The summed E-state index contributed by atoms with van der Waals surface area (Å²) in [7, 11) is 0. The zero-order valence-electron chi connectivity index (χ0n) is 18.9. The minimum Gasteiger partial charge on any atom is -0.445 e. The molecule has 0 aromatic heterocycles. The number of nitrogens with one attached hydrogen (secondary N) is 3. The Labute approximate surface area is 199 Å². The summed E-state index contributed by atoms with van der Waals surface area (Å²) >= 11 is 0. The van der Waals surface area contributed by atoms with E-state index >= 15 is 0 Å². The van der Waals surface area contributed by atoms with Crippen LogP contribution in [0.25, 0.3) is 0 Å². The molecule has 0 saturated carbocycles. The number of alkyl carbamates (subject to hydrolysis) is 1. The smallest absolute Gasteiger partial charge is 0.408 e. The lowest BCUT2D eigenvalue weighted by atomic mass is 10.1. The van der Waals surface area contributed by atoms with Crippen LogP contribution in [0.5, 0.6) is 0 Å². The van der Waals surface area contributed by atoms with Gasteiger partial charge in [-0.25, -0.2) is 4.79 Å². The molecule has 3 rings (SSSR count). The maximum Gasteiger partial charge on any atom is 0.408 e. The fourth-order valence-corrected chi connectivity index (χ4v) is 3.32.